The summed E-state index contributed by atoms with van der Waals surface area (Å²) >= 11 is 0. The SMILES string of the molecule is CCCC1O[C@@H]2C[C@H]3[C@@H]4CC=C5CC(=O)C=C[C@]5(C)[C@H]4[C@@H](OCP(=O)(OCC)OCC)C[C@]3(C)[C@]2(C(=O)CO[Si](C)(C)C(C)(C)C)O1. The lowest BCUT2D eigenvalue weighted by atomic mass is 9.46. The standard InChI is InChI=1S/C36H59O9PSi/c1-11-14-31-44-30-20-27-26-16-15-24-19-25(37)17-18-34(24,7)32(26)28(40-23-46(39,41-12-2)42-13-3)21-35(27,8)36(30,45-31)29(38)22-43-47(9,10)33(4,5)6/h15,17-18,26-28,30-32H,11-14,16,19-23H2,1-10H3/t26-,27-,28-,30+,31?,32+,34-,35-,36+/m0/s1. The molecule has 0 spiro atoms. The summed E-state index contributed by atoms with van der Waals surface area (Å²) in [7, 11) is -5.76. The predicted molar refractivity (Wildman–Crippen MR) is 184 cm³/mol. The highest BCUT2D eigenvalue weighted by Crippen LogP contribution is 2.70. The Morgan fingerprint density at radius 2 is 1.81 bits per heavy atom. The van der Waals surface area contributed by atoms with Crippen molar-refractivity contribution in [3.8, 4) is 0 Å². The number of carbonyl (C=O) groups excluding carboxylic acids is 2. The second-order valence-electron chi connectivity index (χ2n) is 16.3. The van der Waals surface area contributed by atoms with Gasteiger partial charge >= 0.3 is 7.60 Å². The molecule has 1 heterocycles. The molecule has 0 radical (unpaired) electrons. The largest absolute Gasteiger partial charge is 0.409 e. The van der Waals surface area contributed by atoms with Gasteiger partial charge in [0.25, 0.3) is 0 Å². The predicted octanol–water partition coefficient (Wildman–Crippen LogP) is 7.99. The fourth-order valence-corrected chi connectivity index (χ4v) is 11.6. The summed E-state index contributed by atoms with van der Waals surface area (Å²) in [4.78, 5) is 27.4. The molecule has 1 saturated heterocycles. The van der Waals surface area contributed by atoms with E-state index in [1.54, 1.807) is 19.9 Å². The molecule has 0 bridgehead atoms. The normalized spacial score (nSPS) is 38.4. The van der Waals surface area contributed by atoms with Crippen molar-refractivity contribution in [3.63, 3.8) is 0 Å². The van der Waals surface area contributed by atoms with Gasteiger partial charge in [-0.2, -0.15) is 0 Å². The second kappa shape index (κ2) is 13.3. The Morgan fingerprint density at radius 1 is 1.13 bits per heavy atom. The molecule has 11 heteroatoms. The van der Waals surface area contributed by atoms with Crippen LogP contribution in [-0.4, -0.2) is 70.2 Å². The maximum atomic E-state index is 14.8. The molecule has 5 aliphatic rings. The van der Waals surface area contributed by atoms with E-state index in [1.165, 1.54) is 0 Å². The molecule has 47 heavy (non-hydrogen) atoms. The maximum absolute atomic E-state index is 14.8. The first-order valence-corrected chi connectivity index (χ1v) is 22.5. The first kappa shape index (κ1) is 37.3. The van der Waals surface area contributed by atoms with Crippen LogP contribution in [0.4, 0.5) is 0 Å². The smallest absolute Gasteiger partial charge is 0.356 e. The number of hydrogen-bond acceptors (Lipinski definition) is 9. The molecule has 9 atom stereocenters. The Hall–Kier alpha value is -0.973. The molecule has 2 saturated carbocycles. The molecule has 266 valence electrons. The molecule has 0 aromatic carbocycles. The molecular weight excluding hydrogens is 635 g/mol. The lowest BCUT2D eigenvalue weighted by Crippen LogP contribution is -2.64. The Bertz CT molecular complexity index is 1310. The zero-order valence-corrected chi connectivity index (χ0v) is 32.3. The van der Waals surface area contributed by atoms with E-state index in [0.717, 1.165) is 18.4 Å². The van der Waals surface area contributed by atoms with E-state index in [-0.39, 0.29) is 60.5 Å². The molecule has 4 aliphatic carbocycles. The van der Waals surface area contributed by atoms with Gasteiger partial charge in [-0.15, -0.1) is 0 Å². The summed E-state index contributed by atoms with van der Waals surface area (Å²) in [5.41, 5.74) is -1.14. The van der Waals surface area contributed by atoms with E-state index < -0.39 is 50.8 Å². The minimum Gasteiger partial charge on any atom is -0.409 e. The maximum Gasteiger partial charge on any atom is 0.356 e. The highest BCUT2D eigenvalue weighted by atomic mass is 31.2. The van der Waals surface area contributed by atoms with Gasteiger partial charge in [-0.25, -0.2) is 0 Å². The van der Waals surface area contributed by atoms with Crippen molar-refractivity contribution in [1.82, 2.24) is 0 Å². The number of hydrogen-bond donors (Lipinski definition) is 0. The van der Waals surface area contributed by atoms with Crippen LogP contribution in [0.1, 0.15) is 93.9 Å². The van der Waals surface area contributed by atoms with Crippen molar-refractivity contribution in [2.45, 2.75) is 136 Å². The van der Waals surface area contributed by atoms with Crippen LogP contribution in [-0.2, 0) is 41.8 Å². The fourth-order valence-electron chi connectivity index (χ4n) is 9.30. The number of allylic oxidation sites excluding steroid dienone is 4. The number of carbonyl (C=O) groups is 2. The van der Waals surface area contributed by atoms with E-state index in [1.807, 2.05) is 0 Å². The summed E-state index contributed by atoms with van der Waals surface area (Å²) < 4.78 is 51.9. The Labute approximate surface area is 283 Å². The van der Waals surface area contributed by atoms with Crippen molar-refractivity contribution in [2.24, 2.45) is 28.6 Å². The average molecular weight is 695 g/mol. The highest BCUT2D eigenvalue weighted by molar-refractivity contribution is 7.53. The van der Waals surface area contributed by atoms with Crippen LogP contribution in [0.15, 0.2) is 23.8 Å². The van der Waals surface area contributed by atoms with E-state index >= 15 is 0 Å². The van der Waals surface area contributed by atoms with Crippen LogP contribution in [0.2, 0.25) is 18.1 Å². The lowest BCUT2D eigenvalue weighted by Gasteiger charge is -2.60. The van der Waals surface area contributed by atoms with Crippen LogP contribution in [0.5, 0.6) is 0 Å². The number of fused-ring (bicyclic) bond motifs is 7. The lowest BCUT2D eigenvalue weighted by molar-refractivity contribution is -0.202. The fraction of sp³-hybridized carbons (Fsp3) is 0.833. The molecule has 0 N–H and O–H groups in total. The van der Waals surface area contributed by atoms with E-state index in [2.05, 4.69) is 66.8 Å². The van der Waals surface area contributed by atoms with Gasteiger partial charge in [0.15, 0.2) is 31.8 Å². The molecule has 0 aromatic rings. The van der Waals surface area contributed by atoms with Crippen LogP contribution >= 0.6 is 7.60 Å². The van der Waals surface area contributed by atoms with Gasteiger partial charge in [-0.1, -0.05) is 65.7 Å². The molecule has 5 rings (SSSR count). The number of ketones is 2. The summed E-state index contributed by atoms with van der Waals surface area (Å²) in [5, 5.41) is -0.0488. The Balaban J connectivity index is 1.57. The van der Waals surface area contributed by atoms with Gasteiger partial charge in [0.1, 0.15) is 6.35 Å². The van der Waals surface area contributed by atoms with Gasteiger partial charge in [-0.3, -0.25) is 14.2 Å². The quantitative estimate of drug-likeness (QED) is 0.108. The zero-order chi connectivity index (χ0) is 34.6. The molecule has 0 aromatic heterocycles. The molecule has 3 fully saturated rings. The Morgan fingerprint density at radius 3 is 2.43 bits per heavy atom. The highest BCUT2D eigenvalue weighted by Gasteiger charge is 2.76. The molecular formula is C36H59O9PSi. The summed E-state index contributed by atoms with van der Waals surface area (Å²) in [6.07, 6.45) is 8.51. The van der Waals surface area contributed by atoms with Crippen LogP contribution in [0.3, 0.4) is 0 Å². The average Bonchev–Trinajstić information content (AvgIpc) is 3.46. The third-order valence-electron chi connectivity index (χ3n) is 12.6. The topological polar surface area (TPSA) is 107 Å². The van der Waals surface area contributed by atoms with E-state index in [9.17, 15) is 14.2 Å². The second-order valence-corrected chi connectivity index (χ2v) is 23.1. The molecule has 1 unspecified atom stereocenters. The third kappa shape index (κ3) is 6.30. The molecule has 1 aliphatic heterocycles. The minimum atomic E-state index is -3.52. The molecule has 9 nitrogen and oxygen atoms in total. The van der Waals surface area contributed by atoms with Crippen molar-refractivity contribution < 1.29 is 41.8 Å². The van der Waals surface area contributed by atoms with Crippen molar-refractivity contribution in [1.29, 1.82) is 0 Å². The summed E-state index contributed by atoms with van der Waals surface area (Å²) in [6, 6.07) is 0. The van der Waals surface area contributed by atoms with Crippen molar-refractivity contribution in [3.05, 3.63) is 23.8 Å². The van der Waals surface area contributed by atoms with Gasteiger partial charge in [0, 0.05) is 23.2 Å². The van der Waals surface area contributed by atoms with Gasteiger partial charge in [0.2, 0.25) is 0 Å². The summed E-state index contributed by atoms with van der Waals surface area (Å²) in [6.45, 7) is 21.4. The van der Waals surface area contributed by atoms with Crippen molar-refractivity contribution >= 4 is 27.5 Å². The minimum absolute atomic E-state index is 0.0115. The first-order valence-electron chi connectivity index (χ1n) is 17.8. The van der Waals surface area contributed by atoms with Crippen LogP contribution < -0.4 is 0 Å². The van der Waals surface area contributed by atoms with Gasteiger partial charge in [0.05, 0.1) is 32.0 Å². The zero-order valence-electron chi connectivity index (χ0n) is 30.4. The number of Topliss-reactive ketones (excluding diaryl/α,β-unsaturated/α-hetero) is 1. The number of rotatable bonds is 13. The van der Waals surface area contributed by atoms with E-state index in [4.69, 9.17) is 27.7 Å². The van der Waals surface area contributed by atoms with Gasteiger partial charge < -0.3 is 27.7 Å². The number of ether oxygens (including phenoxy) is 3. The van der Waals surface area contributed by atoms with E-state index in [0.29, 0.717) is 25.7 Å². The monoisotopic (exact) mass is 694 g/mol. The van der Waals surface area contributed by atoms with Gasteiger partial charge in [-0.05, 0) is 75.6 Å². The van der Waals surface area contributed by atoms with Crippen LogP contribution in [0.25, 0.3) is 0 Å². The van der Waals surface area contributed by atoms with Crippen molar-refractivity contribution in [2.75, 3.05) is 26.2 Å². The van der Waals surface area contributed by atoms with Crippen LogP contribution in [0, 0.1) is 28.6 Å². The third-order valence-corrected chi connectivity index (χ3v) is 18.9. The Kier molecular flexibility index (Phi) is 10.5. The summed E-state index contributed by atoms with van der Waals surface area (Å²) in [5.74, 6) is 0.264. The first-order chi connectivity index (χ1) is 21.9. The molecule has 0 amide bonds.